The molecule has 0 amide bonds. The minimum Gasteiger partial charge on any atom is -0.332 e. The molecule has 0 bridgehead atoms. The van der Waals surface area contributed by atoms with Crippen LogP contribution in [0, 0.1) is 13.8 Å². The third-order valence-electron chi connectivity index (χ3n) is 2.72. The molecule has 2 aromatic heterocycles. The fourth-order valence-electron chi connectivity index (χ4n) is 1.89. The Hall–Kier alpha value is -1.24. The van der Waals surface area contributed by atoms with E-state index in [2.05, 4.69) is 36.6 Å². The summed E-state index contributed by atoms with van der Waals surface area (Å²) in [5.41, 5.74) is 3.07. The Kier molecular flexibility index (Phi) is 3.87. The second-order valence-electron chi connectivity index (χ2n) is 4.32. The summed E-state index contributed by atoms with van der Waals surface area (Å²) in [6, 6.07) is 8.05. The molecule has 0 atom stereocenters. The molecule has 0 aliphatic carbocycles. The summed E-state index contributed by atoms with van der Waals surface area (Å²) in [5, 5.41) is 7.36. The van der Waals surface area contributed by atoms with Crippen molar-refractivity contribution in [1.29, 1.82) is 0 Å². The summed E-state index contributed by atoms with van der Waals surface area (Å²) in [4.78, 5) is 10.2. The number of aryl methyl sites for hydroxylation is 2. The van der Waals surface area contributed by atoms with Crippen LogP contribution in [-0.2, 0) is 0 Å². The number of hydrogen-bond donors (Lipinski definition) is 1. The lowest BCUT2D eigenvalue weighted by Gasteiger charge is -2.02. The van der Waals surface area contributed by atoms with E-state index in [1.807, 2.05) is 38.1 Å². The highest BCUT2D eigenvalue weighted by Gasteiger charge is 2.11. The third kappa shape index (κ3) is 2.92. The van der Waals surface area contributed by atoms with E-state index in [1.165, 1.54) is 0 Å². The van der Waals surface area contributed by atoms with E-state index in [1.54, 1.807) is 22.7 Å². The van der Waals surface area contributed by atoms with Gasteiger partial charge in [0.1, 0.15) is 0 Å². The van der Waals surface area contributed by atoms with Crippen molar-refractivity contribution in [2.75, 3.05) is 5.32 Å². The molecule has 3 nitrogen and oxygen atoms in total. The molecule has 0 spiro atoms. The van der Waals surface area contributed by atoms with Crippen molar-refractivity contribution >= 4 is 49.4 Å². The van der Waals surface area contributed by atoms with Gasteiger partial charge in [-0.1, -0.05) is 22.0 Å². The summed E-state index contributed by atoms with van der Waals surface area (Å²) in [6.45, 7) is 4.05. The van der Waals surface area contributed by atoms with E-state index >= 15 is 0 Å². The highest BCUT2D eigenvalue weighted by Crippen LogP contribution is 2.33. The predicted molar refractivity (Wildman–Crippen MR) is 90.1 cm³/mol. The highest BCUT2D eigenvalue weighted by molar-refractivity contribution is 9.10. The molecule has 102 valence electrons. The van der Waals surface area contributed by atoms with Crippen LogP contribution in [0.15, 0.2) is 34.1 Å². The van der Waals surface area contributed by atoms with Crippen LogP contribution in [0.2, 0.25) is 0 Å². The van der Waals surface area contributed by atoms with Gasteiger partial charge in [-0.2, -0.15) is 0 Å². The van der Waals surface area contributed by atoms with Crippen LogP contribution in [0.4, 0.5) is 10.8 Å². The van der Waals surface area contributed by atoms with E-state index in [0.29, 0.717) is 0 Å². The normalized spacial score (nSPS) is 10.8. The number of nitrogens with one attached hydrogen (secondary N) is 1. The average molecular weight is 366 g/mol. The number of nitrogens with zero attached hydrogens (tertiary/aromatic N) is 2. The number of rotatable bonds is 3. The molecule has 0 radical (unpaired) electrons. The SMILES string of the molecule is Cc1nc(C)c(-c2csc(Nc3cccc(Br)c3)n2)s1. The average Bonchev–Trinajstić information content (AvgIpc) is 2.96. The first kappa shape index (κ1) is 13.7. The Morgan fingerprint density at radius 2 is 2.05 bits per heavy atom. The number of benzene rings is 1. The summed E-state index contributed by atoms with van der Waals surface area (Å²) < 4.78 is 1.05. The molecule has 0 fully saturated rings. The lowest BCUT2D eigenvalue weighted by molar-refractivity contribution is 1.20. The van der Waals surface area contributed by atoms with Gasteiger partial charge >= 0.3 is 0 Å². The standard InChI is InChI=1S/C14H12BrN3S2/c1-8-13(20-9(2)16-8)12-7-19-14(18-12)17-11-5-3-4-10(15)6-11/h3-7H,1-2H3,(H,17,18). The van der Waals surface area contributed by atoms with E-state index in [4.69, 9.17) is 0 Å². The zero-order valence-electron chi connectivity index (χ0n) is 11.0. The van der Waals surface area contributed by atoms with Crippen LogP contribution in [0.5, 0.6) is 0 Å². The van der Waals surface area contributed by atoms with E-state index in [-0.39, 0.29) is 0 Å². The number of aromatic nitrogens is 2. The minimum absolute atomic E-state index is 0.892. The van der Waals surface area contributed by atoms with Crippen molar-refractivity contribution in [3.8, 4) is 10.6 Å². The van der Waals surface area contributed by atoms with Crippen LogP contribution < -0.4 is 5.32 Å². The van der Waals surface area contributed by atoms with Crippen molar-refractivity contribution in [2.45, 2.75) is 13.8 Å². The van der Waals surface area contributed by atoms with Gasteiger partial charge in [0.2, 0.25) is 0 Å². The van der Waals surface area contributed by atoms with Crippen LogP contribution in [0.25, 0.3) is 10.6 Å². The lowest BCUT2D eigenvalue weighted by Crippen LogP contribution is -1.89. The monoisotopic (exact) mass is 365 g/mol. The fourth-order valence-corrected chi connectivity index (χ4v) is 3.97. The van der Waals surface area contributed by atoms with Crippen LogP contribution in [0.3, 0.4) is 0 Å². The summed E-state index contributed by atoms with van der Waals surface area (Å²) in [7, 11) is 0. The maximum absolute atomic E-state index is 4.64. The molecular formula is C14H12BrN3S2. The molecule has 0 saturated carbocycles. The first-order valence-electron chi connectivity index (χ1n) is 6.04. The van der Waals surface area contributed by atoms with Crippen molar-refractivity contribution in [3.05, 3.63) is 44.8 Å². The molecule has 3 aromatic rings. The summed E-state index contributed by atoms with van der Waals surface area (Å²) in [5.74, 6) is 0. The number of anilines is 2. The lowest BCUT2D eigenvalue weighted by atomic mass is 10.3. The van der Waals surface area contributed by atoms with E-state index in [0.717, 1.165) is 36.6 Å². The Balaban J connectivity index is 1.85. The molecule has 1 N–H and O–H groups in total. The van der Waals surface area contributed by atoms with Gasteiger partial charge in [-0.25, -0.2) is 9.97 Å². The number of thiazole rings is 2. The van der Waals surface area contributed by atoms with Crippen molar-refractivity contribution < 1.29 is 0 Å². The van der Waals surface area contributed by atoms with Gasteiger partial charge in [0.25, 0.3) is 0 Å². The highest BCUT2D eigenvalue weighted by atomic mass is 79.9. The van der Waals surface area contributed by atoms with Gasteiger partial charge < -0.3 is 5.32 Å². The zero-order chi connectivity index (χ0) is 14.1. The smallest absolute Gasteiger partial charge is 0.187 e. The maximum atomic E-state index is 4.64. The summed E-state index contributed by atoms with van der Waals surface area (Å²) >= 11 is 6.76. The van der Waals surface area contributed by atoms with E-state index < -0.39 is 0 Å². The quantitative estimate of drug-likeness (QED) is 0.675. The molecule has 0 aliphatic rings. The number of halogens is 1. The maximum Gasteiger partial charge on any atom is 0.187 e. The van der Waals surface area contributed by atoms with Gasteiger partial charge in [0.15, 0.2) is 5.13 Å². The Morgan fingerprint density at radius 3 is 2.75 bits per heavy atom. The Bertz CT molecular complexity index is 748. The third-order valence-corrected chi connectivity index (χ3v) is 5.06. The molecule has 0 saturated heterocycles. The topological polar surface area (TPSA) is 37.8 Å². The molecule has 1 aromatic carbocycles. The molecule has 20 heavy (non-hydrogen) atoms. The molecule has 0 unspecified atom stereocenters. The van der Waals surface area contributed by atoms with E-state index in [9.17, 15) is 0 Å². The second kappa shape index (κ2) is 5.63. The number of hydrogen-bond acceptors (Lipinski definition) is 5. The predicted octanol–water partition coefficient (Wildman–Crippen LogP) is 5.39. The largest absolute Gasteiger partial charge is 0.332 e. The van der Waals surface area contributed by atoms with Crippen LogP contribution >= 0.6 is 38.6 Å². The van der Waals surface area contributed by atoms with Crippen molar-refractivity contribution in [1.82, 2.24) is 9.97 Å². The van der Waals surface area contributed by atoms with Gasteiger partial charge in [-0.05, 0) is 32.0 Å². The second-order valence-corrected chi connectivity index (χ2v) is 7.30. The van der Waals surface area contributed by atoms with Gasteiger partial charge in [0, 0.05) is 15.5 Å². The molecular weight excluding hydrogens is 354 g/mol. The Morgan fingerprint density at radius 1 is 1.20 bits per heavy atom. The first-order valence-corrected chi connectivity index (χ1v) is 8.53. The van der Waals surface area contributed by atoms with Gasteiger partial charge in [-0.15, -0.1) is 22.7 Å². The fraction of sp³-hybridized carbons (Fsp3) is 0.143. The molecule has 6 heteroatoms. The van der Waals surface area contributed by atoms with Crippen molar-refractivity contribution in [3.63, 3.8) is 0 Å². The summed E-state index contributed by atoms with van der Waals surface area (Å²) in [6.07, 6.45) is 0. The van der Waals surface area contributed by atoms with Crippen LogP contribution in [0.1, 0.15) is 10.7 Å². The van der Waals surface area contributed by atoms with Gasteiger partial charge in [0.05, 0.1) is 21.3 Å². The van der Waals surface area contributed by atoms with Gasteiger partial charge in [-0.3, -0.25) is 0 Å². The van der Waals surface area contributed by atoms with Crippen LogP contribution in [-0.4, -0.2) is 9.97 Å². The first-order chi connectivity index (χ1) is 9.61. The zero-order valence-corrected chi connectivity index (χ0v) is 14.2. The molecule has 0 aliphatic heterocycles. The Labute approximate surface area is 133 Å². The minimum atomic E-state index is 0.892. The molecule has 2 heterocycles. The molecule has 3 rings (SSSR count). The van der Waals surface area contributed by atoms with Crippen molar-refractivity contribution in [2.24, 2.45) is 0 Å².